The van der Waals surface area contributed by atoms with E-state index in [9.17, 15) is 4.79 Å². The van der Waals surface area contributed by atoms with Crippen LogP contribution in [0.5, 0.6) is 5.75 Å². The standard InChI is InChI=1S/C21H22N4O2/c1-14-5-3-4-6-19(14)21-24-23-15(2)25(21)17-9-11-18(12-10-17)27-13-20(26)22-16-7-8-16/h3-6,9-12,16H,7-8,13H2,1-2H3,(H,22,26). The maximum absolute atomic E-state index is 11.7. The van der Waals surface area contributed by atoms with Crippen LogP contribution >= 0.6 is 0 Å². The third-order valence-corrected chi connectivity index (χ3v) is 4.62. The quantitative estimate of drug-likeness (QED) is 0.731. The van der Waals surface area contributed by atoms with Crippen molar-refractivity contribution in [2.75, 3.05) is 6.61 Å². The summed E-state index contributed by atoms with van der Waals surface area (Å²) in [6.07, 6.45) is 2.14. The molecule has 1 amide bonds. The van der Waals surface area contributed by atoms with Gasteiger partial charge in [0.1, 0.15) is 11.6 Å². The van der Waals surface area contributed by atoms with E-state index in [2.05, 4.69) is 28.5 Å². The number of carbonyl (C=O) groups is 1. The molecule has 1 aromatic heterocycles. The normalized spacial score (nSPS) is 13.4. The van der Waals surface area contributed by atoms with Crippen molar-refractivity contribution < 1.29 is 9.53 Å². The van der Waals surface area contributed by atoms with Crippen LogP contribution in [0.3, 0.4) is 0 Å². The van der Waals surface area contributed by atoms with Crippen molar-refractivity contribution in [3.05, 3.63) is 59.9 Å². The largest absolute Gasteiger partial charge is 0.484 e. The Morgan fingerprint density at radius 1 is 1.11 bits per heavy atom. The zero-order valence-electron chi connectivity index (χ0n) is 15.5. The first-order valence-corrected chi connectivity index (χ1v) is 9.12. The SMILES string of the molecule is Cc1ccccc1-c1nnc(C)n1-c1ccc(OCC(=O)NC2CC2)cc1. The molecule has 3 aromatic rings. The number of nitrogens with one attached hydrogen (secondary N) is 1. The molecule has 6 heteroatoms. The minimum absolute atomic E-state index is 0.0377. The summed E-state index contributed by atoms with van der Waals surface area (Å²) in [4.78, 5) is 11.7. The highest BCUT2D eigenvalue weighted by atomic mass is 16.5. The fourth-order valence-electron chi connectivity index (χ4n) is 3.01. The van der Waals surface area contributed by atoms with E-state index in [-0.39, 0.29) is 12.5 Å². The van der Waals surface area contributed by atoms with Crippen LogP contribution in [0.1, 0.15) is 24.2 Å². The van der Waals surface area contributed by atoms with Gasteiger partial charge in [0.2, 0.25) is 0 Å². The molecule has 0 spiro atoms. The second kappa shape index (κ2) is 7.23. The fraction of sp³-hybridized carbons (Fsp3) is 0.286. The molecular weight excluding hydrogens is 340 g/mol. The Morgan fingerprint density at radius 3 is 2.56 bits per heavy atom. The summed E-state index contributed by atoms with van der Waals surface area (Å²) in [6, 6.07) is 16.1. The molecule has 0 atom stereocenters. The smallest absolute Gasteiger partial charge is 0.258 e. The van der Waals surface area contributed by atoms with Crippen molar-refractivity contribution in [3.63, 3.8) is 0 Å². The van der Waals surface area contributed by atoms with Crippen molar-refractivity contribution >= 4 is 5.91 Å². The molecule has 1 heterocycles. The van der Waals surface area contributed by atoms with Crippen LogP contribution in [-0.4, -0.2) is 33.3 Å². The van der Waals surface area contributed by atoms with Gasteiger partial charge >= 0.3 is 0 Å². The zero-order chi connectivity index (χ0) is 18.8. The molecule has 27 heavy (non-hydrogen) atoms. The van der Waals surface area contributed by atoms with E-state index >= 15 is 0 Å². The Bertz CT molecular complexity index is 959. The lowest BCUT2D eigenvalue weighted by molar-refractivity contribution is -0.123. The first-order chi connectivity index (χ1) is 13.1. The molecule has 1 saturated carbocycles. The van der Waals surface area contributed by atoms with Crippen LogP contribution in [-0.2, 0) is 4.79 Å². The third kappa shape index (κ3) is 3.84. The molecule has 0 bridgehead atoms. The van der Waals surface area contributed by atoms with Gasteiger partial charge in [0.05, 0.1) is 0 Å². The van der Waals surface area contributed by atoms with Gasteiger partial charge in [-0.05, 0) is 56.5 Å². The summed E-state index contributed by atoms with van der Waals surface area (Å²) in [7, 11) is 0. The van der Waals surface area contributed by atoms with Gasteiger partial charge in [0.15, 0.2) is 12.4 Å². The van der Waals surface area contributed by atoms with Gasteiger partial charge in [-0.3, -0.25) is 9.36 Å². The summed E-state index contributed by atoms with van der Waals surface area (Å²) in [6.45, 7) is 4.03. The van der Waals surface area contributed by atoms with Crippen molar-refractivity contribution in [3.8, 4) is 22.8 Å². The van der Waals surface area contributed by atoms with Gasteiger partial charge in [0.25, 0.3) is 5.91 Å². The predicted octanol–water partition coefficient (Wildman–Crippen LogP) is 3.21. The summed E-state index contributed by atoms with van der Waals surface area (Å²) in [5.74, 6) is 2.21. The number of ether oxygens (including phenoxy) is 1. The third-order valence-electron chi connectivity index (χ3n) is 4.62. The van der Waals surface area contributed by atoms with E-state index in [4.69, 9.17) is 4.74 Å². The van der Waals surface area contributed by atoms with Crippen LogP contribution in [0.25, 0.3) is 17.1 Å². The molecule has 0 unspecified atom stereocenters. The minimum Gasteiger partial charge on any atom is -0.484 e. The number of aryl methyl sites for hydroxylation is 2. The lowest BCUT2D eigenvalue weighted by atomic mass is 10.1. The molecule has 0 radical (unpaired) electrons. The van der Waals surface area contributed by atoms with Crippen LogP contribution in [0.15, 0.2) is 48.5 Å². The molecule has 0 saturated heterocycles. The van der Waals surface area contributed by atoms with E-state index in [1.54, 1.807) is 0 Å². The van der Waals surface area contributed by atoms with Gasteiger partial charge in [-0.25, -0.2) is 0 Å². The first-order valence-electron chi connectivity index (χ1n) is 9.12. The van der Waals surface area contributed by atoms with Crippen LogP contribution in [0, 0.1) is 13.8 Å². The number of carbonyl (C=O) groups excluding carboxylic acids is 1. The molecule has 1 N–H and O–H groups in total. The summed E-state index contributed by atoms with van der Waals surface area (Å²) < 4.78 is 7.60. The van der Waals surface area contributed by atoms with Crippen LogP contribution in [0.4, 0.5) is 0 Å². The van der Waals surface area contributed by atoms with Gasteiger partial charge in [0, 0.05) is 17.3 Å². The Balaban J connectivity index is 1.53. The second-order valence-corrected chi connectivity index (χ2v) is 6.85. The lowest BCUT2D eigenvalue weighted by Gasteiger charge is -2.12. The van der Waals surface area contributed by atoms with Crippen molar-refractivity contribution in [2.24, 2.45) is 0 Å². The first kappa shape index (κ1) is 17.3. The van der Waals surface area contributed by atoms with Crippen molar-refractivity contribution in [1.82, 2.24) is 20.1 Å². The lowest BCUT2D eigenvalue weighted by Crippen LogP contribution is -2.30. The van der Waals surface area contributed by atoms with E-state index in [1.807, 2.05) is 54.0 Å². The molecule has 138 valence electrons. The highest BCUT2D eigenvalue weighted by Crippen LogP contribution is 2.26. The molecule has 4 rings (SSSR count). The average Bonchev–Trinajstić information content (AvgIpc) is 3.40. The number of hydrogen-bond acceptors (Lipinski definition) is 4. The maximum Gasteiger partial charge on any atom is 0.258 e. The van der Waals surface area contributed by atoms with Crippen molar-refractivity contribution in [1.29, 1.82) is 0 Å². The highest BCUT2D eigenvalue weighted by molar-refractivity contribution is 5.78. The Hall–Kier alpha value is -3.15. The molecule has 6 nitrogen and oxygen atoms in total. The van der Waals surface area contributed by atoms with E-state index in [0.29, 0.717) is 11.8 Å². The molecule has 1 aliphatic carbocycles. The summed E-state index contributed by atoms with van der Waals surface area (Å²) >= 11 is 0. The predicted molar refractivity (Wildman–Crippen MR) is 103 cm³/mol. The number of aromatic nitrogens is 3. The van der Waals surface area contributed by atoms with Gasteiger partial charge in [-0.15, -0.1) is 10.2 Å². The molecule has 2 aromatic carbocycles. The number of nitrogens with zero attached hydrogens (tertiary/aromatic N) is 3. The zero-order valence-corrected chi connectivity index (χ0v) is 15.5. The summed E-state index contributed by atoms with van der Waals surface area (Å²) in [5, 5.41) is 11.5. The van der Waals surface area contributed by atoms with Gasteiger partial charge in [-0.1, -0.05) is 24.3 Å². The average molecular weight is 362 g/mol. The van der Waals surface area contributed by atoms with Gasteiger partial charge < -0.3 is 10.1 Å². The van der Waals surface area contributed by atoms with Crippen LogP contribution < -0.4 is 10.1 Å². The highest BCUT2D eigenvalue weighted by Gasteiger charge is 2.23. The topological polar surface area (TPSA) is 69.0 Å². The fourth-order valence-corrected chi connectivity index (χ4v) is 3.01. The molecule has 1 aliphatic rings. The van der Waals surface area contributed by atoms with E-state index in [1.165, 1.54) is 0 Å². The molecule has 1 fully saturated rings. The molecule has 0 aliphatic heterocycles. The Morgan fingerprint density at radius 2 is 1.85 bits per heavy atom. The van der Waals surface area contributed by atoms with E-state index < -0.39 is 0 Å². The van der Waals surface area contributed by atoms with Crippen LogP contribution in [0.2, 0.25) is 0 Å². The number of benzene rings is 2. The van der Waals surface area contributed by atoms with Crippen molar-refractivity contribution in [2.45, 2.75) is 32.7 Å². The van der Waals surface area contributed by atoms with E-state index in [0.717, 1.165) is 41.3 Å². The second-order valence-electron chi connectivity index (χ2n) is 6.85. The monoisotopic (exact) mass is 362 g/mol. The summed E-state index contributed by atoms with van der Waals surface area (Å²) in [5.41, 5.74) is 3.15. The molecular formula is C21H22N4O2. The Kier molecular flexibility index (Phi) is 4.62. The maximum atomic E-state index is 11.7. The number of amides is 1. The number of hydrogen-bond donors (Lipinski definition) is 1. The Labute approximate surface area is 158 Å². The van der Waals surface area contributed by atoms with Gasteiger partial charge in [-0.2, -0.15) is 0 Å². The number of rotatable bonds is 6. The minimum atomic E-state index is -0.0712.